The molecule has 5 nitrogen and oxygen atoms in total. The predicted molar refractivity (Wildman–Crippen MR) is 96.6 cm³/mol. The van der Waals surface area contributed by atoms with Crippen molar-refractivity contribution in [1.29, 1.82) is 0 Å². The van der Waals surface area contributed by atoms with Gasteiger partial charge in [0.25, 0.3) is 0 Å². The van der Waals surface area contributed by atoms with Crippen molar-refractivity contribution < 1.29 is 13.2 Å². The first-order valence-electron chi connectivity index (χ1n) is 8.71. The first-order chi connectivity index (χ1) is 11.4. The number of hydrogen-bond donors (Lipinski definition) is 1. The Kier molecular flexibility index (Phi) is 6.80. The Morgan fingerprint density at radius 3 is 2.46 bits per heavy atom. The minimum atomic E-state index is -3.02. The van der Waals surface area contributed by atoms with E-state index in [0.29, 0.717) is 13.0 Å². The summed E-state index contributed by atoms with van der Waals surface area (Å²) in [6.07, 6.45) is 1.31. The number of nitrogens with zero attached hydrogens (tertiary/aromatic N) is 1. The number of carbonyl (C=O) groups excluding carboxylic acids is 1. The van der Waals surface area contributed by atoms with E-state index >= 15 is 0 Å². The molecule has 1 aliphatic rings. The number of hydrogen-bond acceptors (Lipinski definition) is 4. The third-order valence-electron chi connectivity index (χ3n) is 4.76. The van der Waals surface area contributed by atoms with E-state index in [1.807, 2.05) is 18.2 Å². The summed E-state index contributed by atoms with van der Waals surface area (Å²) in [5, 5.41) is 2.99. The zero-order chi connectivity index (χ0) is 17.6. The summed E-state index contributed by atoms with van der Waals surface area (Å²) in [4.78, 5) is 14.6. The summed E-state index contributed by atoms with van der Waals surface area (Å²) >= 11 is 0. The lowest BCUT2D eigenvalue weighted by molar-refractivity contribution is -0.124. The molecule has 0 aliphatic carbocycles. The molecule has 0 spiro atoms. The molecule has 1 heterocycles. The molecule has 1 fully saturated rings. The van der Waals surface area contributed by atoms with Gasteiger partial charge in [-0.2, -0.15) is 0 Å². The zero-order valence-electron chi connectivity index (χ0n) is 14.6. The predicted octanol–water partition coefficient (Wildman–Crippen LogP) is 1.49. The van der Waals surface area contributed by atoms with E-state index < -0.39 is 9.84 Å². The standard InChI is InChI=1S/C18H28N2O3S/c1-3-20(4-2)17(12-15-8-6-5-7-9-15)13-19-18(21)16-10-11-24(22,23)14-16/h5-9,16-17H,3-4,10-14H2,1-2H3,(H,19,21). The monoisotopic (exact) mass is 352 g/mol. The maximum absolute atomic E-state index is 12.3. The molecule has 0 aromatic heterocycles. The molecule has 0 radical (unpaired) electrons. The largest absolute Gasteiger partial charge is 0.354 e. The van der Waals surface area contributed by atoms with Crippen molar-refractivity contribution in [2.45, 2.75) is 32.7 Å². The molecular weight excluding hydrogens is 324 g/mol. The number of sulfone groups is 1. The first kappa shape index (κ1) is 18.9. The Hall–Kier alpha value is -1.40. The van der Waals surface area contributed by atoms with Gasteiger partial charge in [0.2, 0.25) is 5.91 Å². The van der Waals surface area contributed by atoms with Crippen molar-refractivity contribution in [1.82, 2.24) is 10.2 Å². The van der Waals surface area contributed by atoms with Crippen molar-refractivity contribution in [3.05, 3.63) is 35.9 Å². The Labute approximate surface area is 145 Å². The van der Waals surface area contributed by atoms with Crippen LogP contribution < -0.4 is 5.32 Å². The lowest BCUT2D eigenvalue weighted by Gasteiger charge is -2.30. The summed E-state index contributed by atoms with van der Waals surface area (Å²) in [6, 6.07) is 10.5. The van der Waals surface area contributed by atoms with Gasteiger partial charge < -0.3 is 5.32 Å². The van der Waals surface area contributed by atoms with Gasteiger partial charge in [-0.15, -0.1) is 0 Å². The number of nitrogens with one attached hydrogen (secondary N) is 1. The molecule has 1 amide bonds. The van der Waals surface area contributed by atoms with Crippen LogP contribution in [0.1, 0.15) is 25.8 Å². The summed E-state index contributed by atoms with van der Waals surface area (Å²) in [6.45, 7) is 6.62. The Balaban J connectivity index is 1.96. The number of likely N-dealkylation sites (N-methyl/N-ethyl adjacent to an activating group) is 1. The van der Waals surface area contributed by atoms with Crippen molar-refractivity contribution in [2.75, 3.05) is 31.1 Å². The van der Waals surface area contributed by atoms with Crippen molar-refractivity contribution in [3.8, 4) is 0 Å². The highest BCUT2D eigenvalue weighted by Gasteiger charge is 2.33. The van der Waals surface area contributed by atoms with Crippen molar-refractivity contribution in [2.24, 2.45) is 5.92 Å². The molecule has 1 aliphatic heterocycles. The van der Waals surface area contributed by atoms with Gasteiger partial charge >= 0.3 is 0 Å². The summed E-state index contributed by atoms with van der Waals surface area (Å²) < 4.78 is 23.1. The maximum atomic E-state index is 12.3. The zero-order valence-corrected chi connectivity index (χ0v) is 15.4. The molecule has 1 aromatic rings. The SMILES string of the molecule is CCN(CC)C(CNC(=O)C1CCS(=O)(=O)C1)Cc1ccccc1. The van der Waals surface area contributed by atoms with Gasteiger partial charge in [-0.1, -0.05) is 44.2 Å². The van der Waals surface area contributed by atoms with E-state index in [4.69, 9.17) is 0 Å². The molecule has 24 heavy (non-hydrogen) atoms. The fraction of sp³-hybridized carbons (Fsp3) is 0.611. The molecule has 0 bridgehead atoms. The fourth-order valence-electron chi connectivity index (χ4n) is 3.32. The Morgan fingerprint density at radius 1 is 1.25 bits per heavy atom. The smallest absolute Gasteiger partial charge is 0.224 e. The third-order valence-corrected chi connectivity index (χ3v) is 6.53. The van der Waals surface area contributed by atoms with Crippen LogP contribution in [0.2, 0.25) is 0 Å². The fourth-order valence-corrected chi connectivity index (χ4v) is 5.06. The Morgan fingerprint density at radius 2 is 1.92 bits per heavy atom. The number of rotatable bonds is 8. The second kappa shape index (κ2) is 8.62. The normalized spacial score (nSPS) is 20.9. The van der Waals surface area contributed by atoms with Crippen LogP contribution in [0.15, 0.2) is 30.3 Å². The molecule has 1 N–H and O–H groups in total. The van der Waals surface area contributed by atoms with E-state index in [9.17, 15) is 13.2 Å². The average Bonchev–Trinajstić information content (AvgIpc) is 2.94. The first-order valence-corrected chi connectivity index (χ1v) is 10.5. The van der Waals surface area contributed by atoms with E-state index in [1.54, 1.807) is 0 Å². The molecule has 6 heteroatoms. The molecule has 1 aromatic carbocycles. The minimum absolute atomic E-state index is 0.00649. The second-order valence-electron chi connectivity index (χ2n) is 6.41. The molecular formula is C18H28N2O3S. The Bertz CT molecular complexity index is 627. The van der Waals surface area contributed by atoms with Crippen LogP contribution in [-0.4, -0.2) is 56.4 Å². The van der Waals surface area contributed by atoms with E-state index in [1.165, 1.54) is 5.56 Å². The average molecular weight is 353 g/mol. The molecule has 2 rings (SSSR count). The lowest BCUT2D eigenvalue weighted by Crippen LogP contribution is -2.46. The molecule has 2 atom stereocenters. The van der Waals surface area contributed by atoms with Crippen molar-refractivity contribution >= 4 is 15.7 Å². The number of amides is 1. The van der Waals surface area contributed by atoms with E-state index in [0.717, 1.165) is 19.5 Å². The van der Waals surface area contributed by atoms with Crippen LogP contribution in [0.4, 0.5) is 0 Å². The highest BCUT2D eigenvalue weighted by molar-refractivity contribution is 7.91. The number of carbonyl (C=O) groups is 1. The molecule has 134 valence electrons. The summed E-state index contributed by atoms with van der Waals surface area (Å²) in [5.41, 5.74) is 1.24. The van der Waals surface area contributed by atoms with Crippen LogP contribution in [-0.2, 0) is 21.1 Å². The van der Waals surface area contributed by atoms with Crippen LogP contribution in [0.3, 0.4) is 0 Å². The highest BCUT2D eigenvalue weighted by Crippen LogP contribution is 2.18. The molecule has 1 saturated heterocycles. The maximum Gasteiger partial charge on any atom is 0.224 e. The van der Waals surface area contributed by atoms with Gasteiger partial charge in [0.1, 0.15) is 0 Å². The topological polar surface area (TPSA) is 66.5 Å². The van der Waals surface area contributed by atoms with Crippen LogP contribution in [0.25, 0.3) is 0 Å². The van der Waals surface area contributed by atoms with E-state index in [2.05, 4.69) is 36.2 Å². The minimum Gasteiger partial charge on any atom is -0.354 e. The van der Waals surface area contributed by atoms with Crippen molar-refractivity contribution in [3.63, 3.8) is 0 Å². The van der Waals surface area contributed by atoms with E-state index in [-0.39, 0.29) is 29.4 Å². The van der Waals surface area contributed by atoms with Crippen LogP contribution >= 0.6 is 0 Å². The van der Waals surface area contributed by atoms with Crippen LogP contribution in [0, 0.1) is 5.92 Å². The van der Waals surface area contributed by atoms with Gasteiger partial charge in [0, 0.05) is 12.6 Å². The highest BCUT2D eigenvalue weighted by atomic mass is 32.2. The van der Waals surface area contributed by atoms with Crippen LogP contribution in [0.5, 0.6) is 0 Å². The van der Waals surface area contributed by atoms with Gasteiger partial charge in [0.15, 0.2) is 9.84 Å². The van der Waals surface area contributed by atoms with Gasteiger partial charge in [0.05, 0.1) is 17.4 Å². The quantitative estimate of drug-likeness (QED) is 0.770. The number of benzene rings is 1. The van der Waals surface area contributed by atoms with Gasteiger partial charge in [-0.25, -0.2) is 8.42 Å². The summed E-state index contributed by atoms with van der Waals surface area (Å²) in [5.74, 6) is -0.382. The van der Waals surface area contributed by atoms with Gasteiger partial charge in [-0.3, -0.25) is 9.69 Å². The molecule has 2 unspecified atom stereocenters. The van der Waals surface area contributed by atoms with Gasteiger partial charge in [-0.05, 0) is 31.5 Å². The second-order valence-corrected chi connectivity index (χ2v) is 8.64. The molecule has 0 saturated carbocycles. The summed E-state index contributed by atoms with van der Waals surface area (Å²) in [7, 11) is -3.02. The lowest BCUT2D eigenvalue weighted by atomic mass is 10.0. The third kappa shape index (κ3) is 5.31.